The van der Waals surface area contributed by atoms with Crippen LogP contribution in [-0.4, -0.2) is 113 Å². The smallest absolute Gasteiger partial charge is 0.319 e. The van der Waals surface area contributed by atoms with Crippen LogP contribution in [0.25, 0.3) is 33.1 Å². The third kappa shape index (κ3) is 6.11. The van der Waals surface area contributed by atoms with Gasteiger partial charge in [0.2, 0.25) is 5.88 Å². The van der Waals surface area contributed by atoms with E-state index in [2.05, 4.69) is 15.1 Å². The van der Waals surface area contributed by atoms with E-state index >= 15 is 4.39 Å². The monoisotopic (exact) mass is 749 g/mol. The zero-order chi connectivity index (χ0) is 36.5. The molecule has 0 bridgehead atoms. The van der Waals surface area contributed by atoms with Gasteiger partial charge in [-0.25, -0.2) is 9.37 Å². The Morgan fingerprint density at radius 1 is 1.08 bits per heavy atom. The van der Waals surface area contributed by atoms with Gasteiger partial charge in [0.05, 0.1) is 45.2 Å². The number of hydrogen-bond donors (Lipinski definition) is 2. The molecule has 6 heterocycles. The quantitative estimate of drug-likeness (QED) is 0.223. The van der Waals surface area contributed by atoms with Crippen molar-refractivity contribution in [3.63, 3.8) is 0 Å². The van der Waals surface area contributed by atoms with E-state index < -0.39 is 11.4 Å². The fourth-order valence-electron chi connectivity index (χ4n) is 10.3. The number of H-pyrrole nitrogens is 1. The predicted octanol–water partition coefficient (Wildman–Crippen LogP) is 6.24. The van der Waals surface area contributed by atoms with Crippen molar-refractivity contribution >= 4 is 39.2 Å². The van der Waals surface area contributed by atoms with Crippen molar-refractivity contribution in [2.45, 2.75) is 89.3 Å². The minimum absolute atomic E-state index is 0.0228. The molecule has 3 aliphatic heterocycles. The second-order valence-corrected chi connectivity index (χ2v) is 17.0. The molecule has 53 heavy (non-hydrogen) atoms. The van der Waals surface area contributed by atoms with E-state index in [0.29, 0.717) is 75.5 Å². The van der Waals surface area contributed by atoms with Crippen LogP contribution in [0.15, 0.2) is 12.3 Å². The van der Waals surface area contributed by atoms with Crippen LogP contribution in [0.4, 0.5) is 10.2 Å². The molecule has 0 radical (unpaired) electrons. The van der Waals surface area contributed by atoms with Crippen molar-refractivity contribution in [2.75, 3.05) is 64.7 Å². The molecule has 3 atom stereocenters. The molecule has 1 spiro atoms. The number of nitrogens with one attached hydrogen (secondary N) is 1. The molecule has 4 aromatic rings. The van der Waals surface area contributed by atoms with E-state index in [0.717, 1.165) is 51.9 Å². The molecule has 2 aliphatic carbocycles. The topological polar surface area (TPSA) is 131 Å². The Kier molecular flexibility index (Phi) is 8.96. The van der Waals surface area contributed by atoms with Crippen LogP contribution in [-0.2, 0) is 9.47 Å². The fourth-order valence-corrected chi connectivity index (χ4v) is 10.5. The summed E-state index contributed by atoms with van der Waals surface area (Å²) in [4.78, 5) is 19.2. The summed E-state index contributed by atoms with van der Waals surface area (Å²) >= 11 is 6.65. The number of anilines is 1. The number of rotatable bonds is 7. The van der Waals surface area contributed by atoms with Gasteiger partial charge in [-0.1, -0.05) is 18.0 Å². The van der Waals surface area contributed by atoms with Gasteiger partial charge >= 0.3 is 6.01 Å². The van der Waals surface area contributed by atoms with Gasteiger partial charge in [-0.05, 0) is 88.8 Å². The minimum Gasteiger partial charge on any atom is -0.480 e. The summed E-state index contributed by atoms with van der Waals surface area (Å²) < 4.78 is 41.3. The molecular weight excluding hydrogens is 701 g/mol. The molecule has 1 aromatic carbocycles. The lowest BCUT2D eigenvalue weighted by Crippen LogP contribution is -2.61. The van der Waals surface area contributed by atoms with Gasteiger partial charge in [0.15, 0.2) is 5.82 Å². The maximum atomic E-state index is 17.3. The number of aromatic amines is 1. The number of benzene rings is 1. The van der Waals surface area contributed by atoms with Gasteiger partial charge in [-0.3, -0.25) is 10.00 Å². The third-order valence-corrected chi connectivity index (χ3v) is 13.4. The van der Waals surface area contributed by atoms with E-state index in [1.54, 1.807) is 19.2 Å². The number of halogens is 2. The molecule has 9 rings (SSSR count). The van der Waals surface area contributed by atoms with Crippen LogP contribution in [0.3, 0.4) is 0 Å². The second-order valence-electron chi connectivity index (χ2n) is 16.6. The second kappa shape index (κ2) is 13.4. The van der Waals surface area contributed by atoms with Crippen LogP contribution >= 0.6 is 11.6 Å². The molecule has 0 amide bonds. The summed E-state index contributed by atoms with van der Waals surface area (Å²) in [5.41, 5.74) is 1.14. The number of fused-ring (bicyclic) bond motifs is 3. The van der Waals surface area contributed by atoms with Gasteiger partial charge in [-0.15, -0.1) is 0 Å². The number of pyridine rings is 1. The highest BCUT2D eigenvalue weighted by molar-refractivity contribution is 6.33. The molecule has 284 valence electrons. The molecule has 14 heteroatoms. The van der Waals surface area contributed by atoms with Crippen LogP contribution in [0, 0.1) is 23.6 Å². The van der Waals surface area contributed by atoms with Crippen LogP contribution in [0.2, 0.25) is 5.02 Å². The van der Waals surface area contributed by atoms with Gasteiger partial charge < -0.3 is 29.0 Å². The van der Waals surface area contributed by atoms with E-state index in [1.807, 2.05) is 11.8 Å². The fraction of sp³-hybridized carbons (Fsp3) is 0.641. The number of piperidine rings is 1. The lowest BCUT2D eigenvalue weighted by Gasteiger charge is -2.58. The highest BCUT2D eigenvalue weighted by Gasteiger charge is 2.55. The van der Waals surface area contributed by atoms with E-state index in [-0.39, 0.29) is 41.7 Å². The highest BCUT2D eigenvalue weighted by atomic mass is 35.5. The molecule has 5 fully saturated rings. The maximum absolute atomic E-state index is 17.3. The average molecular weight is 750 g/mol. The van der Waals surface area contributed by atoms with Gasteiger partial charge in [0.1, 0.15) is 28.0 Å². The van der Waals surface area contributed by atoms with Gasteiger partial charge in [-0.2, -0.15) is 15.1 Å². The zero-order valence-corrected chi connectivity index (χ0v) is 31.6. The van der Waals surface area contributed by atoms with E-state index in [1.165, 1.54) is 32.8 Å². The van der Waals surface area contributed by atoms with Crippen LogP contribution < -0.4 is 14.4 Å². The Balaban J connectivity index is 1.11. The average Bonchev–Trinajstić information content (AvgIpc) is 3.75. The number of ether oxygens (including phenoxy) is 4. The first-order valence-corrected chi connectivity index (χ1v) is 19.6. The summed E-state index contributed by atoms with van der Waals surface area (Å²) in [5, 5.41) is 19.8. The molecule has 3 aromatic heterocycles. The maximum Gasteiger partial charge on any atom is 0.319 e. The summed E-state index contributed by atoms with van der Waals surface area (Å²) in [6, 6.07) is 2.91. The highest BCUT2D eigenvalue weighted by Crippen LogP contribution is 2.56. The largest absolute Gasteiger partial charge is 0.480 e. The predicted molar refractivity (Wildman–Crippen MR) is 199 cm³/mol. The Morgan fingerprint density at radius 2 is 1.89 bits per heavy atom. The number of nitrogens with zero attached hydrogens (tertiary/aromatic N) is 6. The number of likely N-dealkylation sites (tertiary alicyclic amines) is 1. The van der Waals surface area contributed by atoms with Gasteiger partial charge in [0, 0.05) is 53.2 Å². The van der Waals surface area contributed by atoms with Crippen molar-refractivity contribution in [3.8, 4) is 23.1 Å². The first kappa shape index (κ1) is 35.3. The molecule has 5 aliphatic rings. The summed E-state index contributed by atoms with van der Waals surface area (Å²) in [6.45, 7) is 8.03. The molecule has 3 saturated heterocycles. The molecule has 2 N–H and O–H groups in total. The van der Waals surface area contributed by atoms with Crippen molar-refractivity contribution in [3.05, 3.63) is 28.7 Å². The SMILES string of the molecule is COc1nc(-c2c(C)c(Cl)cc3[nH]ncc23)c(F)c2nc(OCC34CCCC3N(C3CC5(CCOCC5)C3)CCC4)nc(N3CCOCC(C)(O)C3)c12. The number of aliphatic hydroxyl groups is 1. The van der Waals surface area contributed by atoms with Crippen molar-refractivity contribution in [1.29, 1.82) is 0 Å². The first-order valence-electron chi connectivity index (χ1n) is 19.2. The summed E-state index contributed by atoms with van der Waals surface area (Å²) in [6.07, 6.45) is 12.1. The van der Waals surface area contributed by atoms with Crippen LogP contribution in [0.5, 0.6) is 11.9 Å². The standard InChI is InChI=1S/C39H49ClFN7O5/c1-23-26(40)16-27-25(19-42-46-27)29(23)32-31(41)33-30(35(43-32)50-3)34(47-12-15-52-21-37(2,49)20-47)45-36(44-33)53-22-39-7-4-6-28(39)48(11-5-8-39)24-17-38(18-24)9-13-51-14-10-38/h16,19,24,28,49H,4-15,17-18,20-22H2,1-3H3,(H,42,46). The number of β-amino-alcohol motifs (C(OH)–C–C–N with tert-alkyl or cyclic N) is 1. The van der Waals surface area contributed by atoms with Crippen molar-refractivity contribution in [1.82, 2.24) is 30.0 Å². The van der Waals surface area contributed by atoms with E-state index in [4.69, 9.17) is 45.5 Å². The minimum atomic E-state index is -1.18. The van der Waals surface area contributed by atoms with Crippen LogP contribution in [0.1, 0.15) is 70.3 Å². The van der Waals surface area contributed by atoms with Crippen molar-refractivity contribution in [2.24, 2.45) is 10.8 Å². The lowest BCUT2D eigenvalue weighted by atomic mass is 9.60. The lowest BCUT2D eigenvalue weighted by molar-refractivity contribution is -0.112. The summed E-state index contributed by atoms with van der Waals surface area (Å²) in [7, 11) is 1.50. The molecule has 12 nitrogen and oxygen atoms in total. The Morgan fingerprint density at radius 3 is 2.70 bits per heavy atom. The van der Waals surface area contributed by atoms with Crippen molar-refractivity contribution < 1.29 is 28.4 Å². The zero-order valence-electron chi connectivity index (χ0n) is 30.8. The Bertz CT molecular complexity index is 2030. The third-order valence-electron chi connectivity index (χ3n) is 13.0. The Labute approximate surface area is 313 Å². The van der Waals surface area contributed by atoms with Gasteiger partial charge in [0.25, 0.3) is 0 Å². The van der Waals surface area contributed by atoms with E-state index in [9.17, 15) is 5.11 Å². The summed E-state index contributed by atoms with van der Waals surface area (Å²) in [5.74, 6) is -0.115. The molecular formula is C39H49ClFN7O5. The molecule has 3 unspecified atom stereocenters. The number of hydrogen-bond acceptors (Lipinski definition) is 11. The number of methoxy groups -OCH3 is 1. The number of aromatic nitrogens is 5. The Hall–Kier alpha value is -3.36. The normalized spacial score (nSPS) is 28.0. The molecule has 2 saturated carbocycles. The first-order chi connectivity index (χ1) is 25.6.